The van der Waals surface area contributed by atoms with Gasteiger partial charge in [0.1, 0.15) is 5.52 Å². The standard InChI is InChI=1S/C30H31N5O5/c1-4-34-26-12-11-23(19(3)29(26)31-32-34)25(17-28(36)40-5-2)21-15-22-18-33(30(37)20-9-7-6-8-10-20)14-13-24(22)27(16-21)35(38)39/h6-12,15-16,25H,4-5,13-14,17-18H2,1-3H3. The van der Waals surface area contributed by atoms with Crippen LogP contribution in [0.4, 0.5) is 5.69 Å². The summed E-state index contributed by atoms with van der Waals surface area (Å²) >= 11 is 0. The van der Waals surface area contributed by atoms with Crippen molar-refractivity contribution in [2.24, 2.45) is 0 Å². The molecule has 0 aliphatic carbocycles. The number of carbonyl (C=O) groups is 2. The Morgan fingerprint density at radius 2 is 1.90 bits per heavy atom. The van der Waals surface area contributed by atoms with Crippen LogP contribution in [0.5, 0.6) is 0 Å². The minimum atomic E-state index is -0.514. The number of aryl methyl sites for hydroxylation is 2. The summed E-state index contributed by atoms with van der Waals surface area (Å²) in [6.45, 7) is 7.18. The van der Waals surface area contributed by atoms with Crippen LogP contribution < -0.4 is 0 Å². The maximum absolute atomic E-state index is 13.2. The van der Waals surface area contributed by atoms with Crippen LogP contribution in [-0.2, 0) is 29.0 Å². The lowest BCUT2D eigenvalue weighted by atomic mass is 9.83. The van der Waals surface area contributed by atoms with Gasteiger partial charge in [-0.25, -0.2) is 4.68 Å². The number of fused-ring (bicyclic) bond motifs is 2. The van der Waals surface area contributed by atoms with Crippen molar-refractivity contribution in [3.8, 4) is 0 Å². The number of aromatic nitrogens is 3. The highest BCUT2D eigenvalue weighted by Crippen LogP contribution is 2.38. The van der Waals surface area contributed by atoms with Gasteiger partial charge in [-0.2, -0.15) is 0 Å². The van der Waals surface area contributed by atoms with Gasteiger partial charge in [-0.05, 0) is 67.6 Å². The zero-order chi connectivity index (χ0) is 28.4. The Hall–Kier alpha value is -4.60. The molecule has 0 spiro atoms. The van der Waals surface area contributed by atoms with Gasteiger partial charge in [0.2, 0.25) is 0 Å². The highest BCUT2D eigenvalue weighted by atomic mass is 16.6. The van der Waals surface area contributed by atoms with E-state index in [1.165, 1.54) is 0 Å². The summed E-state index contributed by atoms with van der Waals surface area (Å²) in [5, 5.41) is 20.8. The molecule has 3 aromatic carbocycles. The summed E-state index contributed by atoms with van der Waals surface area (Å²) in [5.74, 6) is -1.03. The molecule has 0 saturated carbocycles. The van der Waals surface area contributed by atoms with Gasteiger partial charge in [0.25, 0.3) is 11.6 Å². The number of carbonyl (C=O) groups excluding carboxylic acids is 2. The van der Waals surface area contributed by atoms with Gasteiger partial charge in [-0.15, -0.1) is 5.10 Å². The van der Waals surface area contributed by atoms with Crippen LogP contribution in [-0.4, -0.2) is 49.8 Å². The summed E-state index contributed by atoms with van der Waals surface area (Å²) in [4.78, 5) is 39.6. The van der Waals surface area contributed by atoms with Crippen molar-refractivity contribution in [1.29, 1.82) is 0 Å². The Morgan fingerprint density at radius 1 is 1.12 bits per heavy atom. The second-order valence-electron chi connectivity index (χ2n) is 9.89. The maximum Gasteiger partial charge on any atom is 0.306 e. The first kappa shape index (κ1) is 27.0. The number of hydrogen-bond donors (Lipinski definition) is 0. The molecular formula is C30H31N5O5. The van der Waals surface area contributed by atoms with Crippen molar-refractivity contribution >= 4 is 28.6 Å². The Kier molecular flexibility index (Phi) is 7.59. The van der Waals surface area contributed by atoms with Crippen molar-refractivity contribution in [2.45, 2.75) is 52.6 Å². The van der Waals surface area contributed by atoms with E-state index in [1.807, 2.05) is 50.2 Å². The molecule has 2 heterocycles. The third-order valence-electron chi connectivity index (χ3n) is 7.57. The Labute approximate surface area is 231 Å². The highest BCUT2D eigenvalue weighted by molar-refractivity contribution is 5.94. The van der Waals surface area contributed by atoms with E-state index in [-0.39, 0.29) is 36.1 Å². The Morgan fingerprint density at radius 3 is 2.60 bits per heavy atom. The van der Waals surface area contributed by atoms with Gasteiger partial charge in [0.15, 0.2) is 0 Å². The van der Waals surface area contributed by atoms with Gasteiger partial charge in [0.05, 0.1) is 23.5 Å². The predicted molar refractivity (Wildman–Crippen MR) is 149 cm³/mol. The quantitative estimate of drug-likeness (QED) is 0.176. The molecule has 1 amide bonds. The summed E-state index contributed by atoms with van der Waals surface area (Å²) < 4.78 is 7.09. The number of nitro groups is 1. The lowest BCUT2D eigenvalue weighted by Crippen LogP contribution is -2.36. The first-order valence-corrected chi connectivity index (χ1v) is 13.4. The molecule has 0 radical (unpaired) electrons. The maximum atomic E-state index is 13.2. The molecule has 5 rings (SSSR count). The number of nitrogens with zero attached hydrogens (tertiary/aromatic N) is 5. The largest absolute Gasteiger partial charge is 0.466 e. The first-order chi connectivity index (χ1) is 19.3. The first-order valence-electron chi connectivity index (χ1n) is 13.4. The topological polar surface area (TPSA) is 120 Å². The number of nitro benzene ring substituents is 1. The molecule has 0 N–H and O–H groups in total. The molecule has 40 heavy (non-hydrogen) atoms. The molecule has 10 nitrogen and oxygen atoms in total. The Bertz CT molecular complexity index is 1600. The summed E-state index contributed by atoms with van der Waals surface area (Å²) in [6.07, 6.45) is 0.378. The van der Waals surface area contributed by atoms with Crippen molar-refractivity contribution in [3.05, 3.63) is 98.1 Å². The average Bonchev–Trinajstić information content (AvgIpc) is 3.40. The van der Waals surface area contributed by atoms with Crippen LogP contribution in [0.3, 0.4) is 0 Å². The van der Waals surface area contributed by atoms with Gasteiger partial charge < -0.3 is 9.64 Å². The average molecular weight is 542 g/mol. The van der Waals surface area contributed by atoms with Crippen LogP contribution in [0.2, 0.25) is 0 Å². The van der Waals surface area contributed by atoms with E-state index in [2.05, 4.69) is 10.3 Å². The fraction of sp³-hybridized carbons (Fsp3) is 0.333. The molecule has 1 aliphatic heterocycles. The smallest absolute Gasteiger partial charge is 0.306 e. The lowest BCUT2D eigenvalue weighted by Gasteiger charge is -2.30. The van der Waals surface area contributed by atoms with E-state index >= 15 is 0 Å². The van der Waals surface area contributed by atoms with Crippen molar-refractivity contribution in [3.63, 3.8) is 0 Å². The van der Waals surface area contributed by atoms with E-state index < -0.39 is 11.9 Å². The number of hydrogen-bond acceptors (Lipinski definition) is 7. The van der Waals surface area contributed by atoms with Crippen molar-refractivity contribution < 1.29 is 19.2 Å². The number of rotatable bonds is 8. The fourth-order valence-electron chi connectivity index (χ4n) is 5.59. The third kappa shape index (κ3) is 5.04. The lowest BCUT2D eigenvalue weighted by molar-refractivity contribution is -0.385. The molecule has 1 aromatic heterocycles. The van der Waals surface area contributed by atoms with Crippen LogP contribution in [0.15, 0.2) is 54.6 Å². The molecule has 4 aromatic rings. The van der Waals surface area contributed by atoms with Gasteiger partial charge >= 0.3 is 5.97 Å². The molecule has 206 valence electrons. The van der Waals surface area contributed by atoms with E-state index in [0.717, 1.165) is 22.2 Å². The SMILES string of the molecule is CCOC(=O)CC(c1cc2c(c([N+](=O)[O-])c1)CCN(C(=O)c1ccccc1)C2)c1ccc2c(nnn2CC)c1C. The monoisotopic (exact) mass is 541 g/mol. The van der Waals surface area contributed by atoms with Crippen LogP contribution >= 0.6 is 0 Å². The second kappa shape index (κ2) is 11.3. The predicted octanol–water partition coefficient (Wildman–Crippen LogP) is 4.95. The van der Waals surface area contributed by atoms with Crippen molar-refractivity contribution in [1.82, 2.24) is 19.9 Å². The number of benzene rings is 3. The summed E-state index contributed by atoms with van der Waals surface area (Å²) in [7, 11) is 0. The van der Waals surface area contributed by atoms with E-state index in [4.69, 9.17) is 4.74 Å². The minimum Gasteiger partial charge on any atom is -0.466 e. The Balaban J connectivity index is 1.60. The molecule has 10 heteroatoms. The zero-order valence-electron chi connectivity index (χ0n) is 22.8. The molecule has 0 bridgehead atoms. The van der Waals surface area contributed by atoms with Crippen LogP contribution in [0, 0.1) is 17.0 Å². The summed E-state index contributed by atoms with van der Waals surface area (Å²) in [6, 6.07) is 16.3. The number of esters is 1. The van der Waals surface area contributed by atoms with Gasteiger partial charge in [0, 0.05) is 42.7 Å². The number of amides is 1. The fourth-order valence-corrected chi connectivity index (χ4v) is 5.59. The van der Waals surface area contributed by atoms with E-state index in [1.54, 1.807) is 34.7 Å². The third-order valence-corrected chi connectivity index (χ3v) is 7.57. The van der Waals surface area contributed by atoms with Crippen LogP contribution in [0.25, 0.3) is 11.0 Å². The zero-order valence-corrected chi connectivity index (χ0v) is 22.8. The second-order valence-corrected chi connectivity index (χ2v) is 9.89. The molecular weight excluding hydrogens is 510 g/mol. The molecule has 1 atom stereocenters. The molecule has 0 fully saturated rings. The highest BCUT2D eigenvalue weighted by Gasteiger charge is 2.31. The van der Waals surface area contributed by atoms with Gasteiger partial charge in [-0.3, -0.25) is 19.7 Å². The summed E-state index contributed by atoms with van der Waals surface area (Å²) in [5.41, 5.74) is 5.81. The van der Waals surface area contributed by atoms with E-state index in [0.29, 0.717) is 41.8 Å². The molecule has 1 unspecified atom stereocenters. The number of ether oxygens (including phenoxy) is 1. The molecule has 0 saturated heterocycles. The van der Waals surface area contributed by atoms with Gasteiger partial charge in [-0.1, -0.05) is 35.5 Å². The van der Waals surface area contributed by atoms with E-state index in [9.17, 15) is 19.7 Å². The van der Waals surface area contributed by atoms with Crippen LogP contribution in [0.1, 0.15) is 64.4 Å². The van der Waals surface area contributed by atoms with Crippen molar-refractivity contribution in [2.75, 3.05) is 13.2 Å². The molecule has 1 aliphatic rings. The normalized spacial score (nSPS) is 13.6. The minimum absolute atomic E-state index is 0.00354.